The molecule has 2 aromatic carbocycles. The summed E-state index contributed by atoms with van der Waals surface area (Å²) in [5.74, 6) is -0.871. The van der Waals surface area contributed by atoms with Gasteiger partial charge in [-0.15, -0.1) is 0 Å². The highest BCUT2D eigenvalue weighted by atomic mass is 35.5. The standard InChI is InChI=1S/C27H30ClN3O6/c1-4-11-37-20-9-10-21(28)19(12-20)15-31-14-17(3)25(34)24(26(31)35)30-27(36)29-22(13-23(32)33)18-7-5-16(2)6-8-18/h5-10,12,14,22,34H,4,11,13,15H2,1-3H3,(H,32,33)(H2,29,30,36)/t22-/m0/s1. The Labute approximate surface area is 219 Å². The highest BCUT2D eigenvalue weighted by molar-refractivity contribution is 6.31. The Bertz CT molecular complexity index is 1340. The van der Waals surface area contributed by atoms with E-state index in [2.05, 4.69) is 10.6 Å². The molecule has 10 heteroatoms. The molecular formula is C27H30ClN3O6. The van der Waals surface area contributed by atoms with E-state index in [0.717, 1.165) is 12.0 Å². The molecule has 0 saturated heterocycles. The van der Waals surface area contributed by atoms with Crippen LogP contribution in [-0.4, -0.2) is 33.4 Å². The number of benzene rings is 2. The Morgan fingerprint density at radius 3 is 2.49 bits per heavy atom. The van der Waals surface area contributed by atoms with Crippen LogP contribution >= 0.6 is 11.6 Å². The molecule has 0 bridgehead atoms. The average Bonchev–Trinajstić information content (AvgIpc) is 2.85. The molecule has 4 N–H and O–H groups in total. The number of hydrogen-bond acceptors (Lipinski definition) is 5. The lowest BCUT2D eigenvalue weighted by molar-refractivity contribution is -0.137. The predicted molar refractivity (Wildman–Crippen MR) is 142 cm³/mol. The number of carbonyl (C=O) groups is 2. The summed E-state index contributed by atoms with van der Waals surface area (Å²) < 4.78 is 6.98. The van der Waals surface area contributed by atoms with Crippen molar-refractivity contribution >= 4 is 29.3 Å². The van der Waals surface area contributed by atoms with E-state index in [4.69, 9.17) is 16.3 Å². The zero-order chi connectivity index (χ0) is 27.1. The largest absolute Gasteiger partial charge is 0.505 e. The van der Waals surface area contributed by atoms with Gasteiger partial charge in [0.05, 0.1) is 25.6 Å². The normalized spacial score (nSPS) is 11.6. The van der Waals surface area contributed by atoms with E-state index in [9.17, 15) is 24.6 Å². The number of aromatic hydroxyl groups is 1. The minimum atomic E-state index is -1.10. The molecule has 0 aliphatic heterocycles. The van der Waals surface area contributed by atoms with Crippen LogP contribution in [0.2, 0.25) is 5.02 Å². The molecule has 9 nitrogen and oxygen atoms in total. The van der Waals surface area contributed by atoms with E-state index in [-0.39, 0.29) is 24.4 Å². The molecule has 196 valence electrons. The molecule has 37 heavy (non-hydrogen) atoms. The van der Waals surface area contributed by atoms with Crippen LogP contribution in [0.5, 0.6) is 11.5 Å². The molecule has 0 fully saturated rings. The van der Waals surface area contributed by atoms with Crippen molar-refractivity contribution in [3.63, 3.8) is 0 Å². The lowest BCUT2D eigenvalue weighted by Crippen LogP contribution is -2.36. The van der Waals surface area contributed by atoms with E-state index in [1.807, 2.05) is 26.0 Å². The highest BCUT2D eigenvalue weighted by Gasteiger charge is 2.21. The molecule has 0 saturated carbocycles. The van der Waals surface area contributed by atoms with Crippen LogP contribution in [0.1, 0.15) is 48.1 Å². The number of aromatic nitrogens is 1. The number of carboxylic acids is 1. The molecular weight excluding hydrogens is 498 g/mol. The van der Waals surface area contributed by atoms with Gasteiger partial charge in [0, 0.05) is 16.8 Å². The molecule has 0 unspecified atom stereocenters. The van der Waals surface area contributed by atoms with Gasteiger partial charge in [-0.05, 0) is 49.6 Å². The second-order valence-electron chi connectivity index (χ2n) is 8.73. The van der Waals surface area contributed by atoms with Crippen LogP contribution in [0.25, 0.3) is 0 Å². The minimum Gasteiger partial charge on any atom is -0.505 e. The van der Waals surface area contributed by atoms with Gasteiger partial charge in [-0.3, -0.25) is 9.59 Å². The lowest BCUT2D eigenvalue weighted by atomic mass is 10.0. The number of hydrogen-bond donors (Lipinski definition) is 4. The first kappa shape index (κ1) is 27.6. The Balaban J connectivity index is 1.86. The third kappa shape index (κ3) is 7.27. The smallest absolute Gasteiger partial charge is 0.319 e. The summed E-state index contributed by atoms with van der Waals surface area (Å²) in [6.45, 7) is 6.09. The van der Waals surface area contributed by atoms with E-state index < -0.39 is 23.6 Å². The van der Waals surface area contributed by atoms with Crippen LogP contribution in [0.15, 0.2) is 53.5 Å². The maximum absolute atomic E-state index is 13.2. The number of carbonyl (C=O) groups excluding carboxylic acids is 1. The fourth-order valence-electron chi connectivity index (χ4n) is 3.72. The van der Waals surface area contributed by atoms with Crippen molar-refractivity contribution in [3.05, 3.63) is 86.3 Å². The second-order valence-corrected chi connectivity index (χ2v) is 9.14. The van der Waals surface area contributed by atoms with Crippen molar-refractivity contribution in [1.82, 2.24) is 9.88 Å². The second kappa shape index (κ2) is 12.3. The van der Waals surface area contributed by atoms with Crippen LogP contribution in [0, 0.1) is 13.8 Å². The Hall–Kier alpha value is -3.98. The van der Waals surface area contributed by atoms with E-state index in [0.29, 0.717) is 34.1 Å². The molecule has 0 aliphatic carbocycles. The fraction of sp³-hybridized carbons (Fsp3) is 0.296. The Kier molecular flexibility index (Phi) is 9.19. The summed E-state index contributed by atoms with van der Waals surface area (Å²) in [4.78, 5) is 37.4. The van der Waals surface area contributed by atoms with Gasteiger partial charge < -0.3 is 30.2 Å². The van der Waals surface area contributed by atoms with Gasteiger partial charge in [0.25, 0.3) is 5.56 Å². The zero-order valence-electron chi connectivity index (χ0n) is 20.9. The zero-order valence-corrected chi connectivity index (χ0v) is 21.6. The van der Waals surface area contributed by atoms with Gasteiger partial charge in [0.2, 0.25) is 0 Å². The molecule has 3 aromatic rings. The third-order valence-corrected chi connectivity index (χ3v) is 6.04. The van der Waals surface area contributed by atoms with Crippen molar-refractivity contribution in [2.24, 2.45) is 0 Å². The number of amides is 2. The number of aryl methyl sites for hydroxylation is 2. The average molecular weight is 528 g/mol. The first-order valence-electron chi connectivity index (χ1n) is 11.8. The summed E-state index contributed by atoms with van der Waals surface area (Å²) in [6.07, 6.45) is 1.94. The highest BCUT2D eigenvalue weighted by Crippen LogP contribution is 2.26. The van der Waals surface area contributed by atoms with Crippen molar-refractivity contribution in [3.8, 4) is 11.5 Å². The van der Waals surface area contributed by atoms with Crippen molar-refractivity contribution in [2.45, 2.75) is 46.2 Å². The van der Waals surface area contributed by atoms with Gasteiger partial charge in [-0.25, -0.2) is 4.79 Å². The van der Waals surface area contributed by atoms with E-state index >= 15 is 0 Å². The SMILES string of the molecule is CCCOc1ccc(Cl)c(Cn2cc(C)c(O)c(NC(=O)N[C@@H](CC(=O)O)c3ccc(C)cc3)c2=O)c1. The predicted octanol–water partition coefficient (Wildman–Crippen LogP) is 5.00. The number of ether oxygens (including phenoxy) is 1. The maximum Gasteiger partial charge on any atom is 0.319 e. The van der Waals surface area contributed by atoms with Crippen LogP contribution in [0.3, 0.4) is 0 Å². The summed E-state index contributed by atoms with van der Waals surface area (Å²) in [7, 11) is 0. The molecule has 2 amide bonds. The van der Waals surface area contributed by atoms with Gasteiger partial charge in [0.15, 0.2) is 5.69 Å². The molecule has 0 spiro atoms. The number of halogens is 1. The number of urea groups is 1. The Morgan fingerprint density at radius 2 is 1.84 bits per heavy atom. The van der Waals surface area contributed by atoms with Crippen LogP contribution in [0.4, 0.5) is 10.5 Å². The summed E-state index contributed by atoms with van der Waals surface area (Å²) >= 11 is 6.35. The number of pyridine rings is 1. The lowest BCUT2D eigenvalue weighted by Gasteiger charge is -2.19. The van der Waals surface area contributed by atoms with E-state index in [1.54, 1.807) is 37.3 Å². The van der Waals surface area contributed by atoms with Crippen molar-refractivity contribution in [1.29, 1.82) is 0 Å². The van der Waals surface area contributed by atoms with Crippen molar-refractivity contribution < 1.29 is 24.5 Å². The number of rotatable bonds is 10. The van der Waals surface area contributed by atoms with Crippen LogP contribution < -0.4 is 20.9 Å². The molecule has 1 atom stereocenters. The van der Waals surface area contributed by atoms with Crippen molar-refractivity contribution in [2.75, 3.05) is 11.9 Å². The maximum atomic E-state index is 13.2. The summed E-state index contributed by atoms with van der Waals surface area (Å²) in [5, 5.41) is 25.3. The third-order valence-electron chi connectivity index (χ3n) is 5.67. The molecule has 0 radical (unpaired) electrons. The minimum absolute atomic E-state index is 0.0728. The number of aliphatic carboxylic acids is 1. The first-order chi connectivity index (χ1) is 17.6. The number of carboxylic acid groups (broad SMARTS) is 1. The van der Waals surface area contributed by atoms with Gasteiger partial charge in [0.1, 0.15) is 11.5 Å². The number of anilines is 1. The first-order valence-corrected chi connectivity index (χ1v) is 12.2. The number of nitrogens with zero attached hydrogens (tertiary/aromatic N) is 1. The molecule has 1 heterocycles. The van der Waals surface area contributed by atoms with Gasteiger partial charge >= 0.3 is 12.0 Å². The molecule has 0 aliphatic rings. The molecule has 1 aromatic heterocycles. The fourth-order valence-corrected chi connectivity index (χ4v) is 3.90. The summed E-state index contributed by atoms with van der Waals surface area (Å²) in [5.41, 5.74) is 1.57. The quantitative estimate of drug-likeness (QED) is 0.293. The van der Waals surface area contributed by atoms with Gasteiger partial charge in [-0.2, -0.15) is 0 Å². The molecule has 3 rings (SSSR count). The topological polar surface area (TPSA) is 130 Å². The van der Waals surface area contributed by atoms with Crippen LogP contribution in [-0.2, 0) is 11.3 Å². The van der Waals surface area contributed by atoms with Gasteiger partial charge in [-0.1, -0.05) is 48.4 Å². The Morgan fingerprint density at radius 1 is 1.14 bits per heavy atom. The summed E-state index contributed by atoms with van der Waals surface area (Å²) in [6, 6.07) is 10.5. The number of nitrogens with one attached hydrogen (secondary N) is 2. The van der Waals surface area contributed by atoms with E-state index in [1.165, 1.54) is 10.8 Å². The monoisotopic (exact) mass is 527 g/mol.